The molecule has 1 aromatic carbocycles. The highest BCUT2D eigenvalue weighted by atomic mass is 16.5. The Morgan fingerprint density at radius 1 is 1.25 bits per heavy atom. The average Bonchev–Trinajstić information content (AvgIpc) is 2.46. The Labute approximate surface area is 121 Å². The summed E-state index contributed by atoms with van der Waals surface area (Å²) in [6, 6.07) is 10.1. The summed E-state index contributed by atoms with van der Waals surface area (Å²) in [5.74, 6) is -0.147. The van der Waals surface area contributed by atoms with Crippen LogP contribution in [0.4, 0.5) is 0 Å². The number of hydrogen-bond acceptors (Lipinski definition) is 4. The summed E-state index contributed by atoms with van der Waals surface area (Å²) in [7, 11) is 0. The van der Waals surface area contributed by atoms with Crippen LogP contribution in [0.15, 0.2) is 30.3 Å². The maximum atomic E-state index is 11.8. The van der Waals surface area contributed by atoms with Crippen LogP contribution in [0.3, 0.4) is 0 Å². The van der Waals surface area contributed by atoms with Crippen LogP contribution in [0.2, 0.25) is 0 Å². The van der Waals surface area contributed by atoms with E-state index in [9.17, 15) is 4.79 Å². The maximum Gasteiger partial charge on any atom is 0.320 e. The van der Waals surface area contributed by atoms with E-state index >= 15 is 0 Å². The second-order valence-electron chi connectivity index (χ2n) is 4.91. The second kappa shape index (κ2) is 10.4. The third-order valence-corrected chi connectivity index (χ3v) is 3.04. The number of nitrogens with zero attached hydrogens (tertiary/aromatic N) is 1. The summed E-state index contributed by atoms with van der Waals surface area (Å²) in [5, 5.41) is 0. The number of benzene rings is 1. The van der Waals surface area contributed by atoms with Gasteiger partial charge >= 0.3 is 5.97 Å². The van der Waals surface area contributed by atoms with Gasteiger partial charge in [0.2, 0.25) is 0 Å². The van der Waals surface area contributed by atoms with Crippen LogP contribution in [0.25, 0.3) is 0 Å². The van der Waals surface area contributed by atoms with Gasteiger partial charge in [-0.2, -0.15) is 0 Å². The molecule has 0 fully saturated rings. The lowest BCUT2D eigenvalue weighted by atomic mass is 10.2. The highest BCUT2D eigenvalue weighted by Crippen LogP contribution is 2.05. The van der Waals surface area contributed by atoms with Gasteiger partial charge in [0.25, 0.3) is 0 Å². The van der Waals surface area contributed by atoms with Gasteiger partial charge < -0.3 is 10.5 Å². The zero-order chi connectivity index (χ0) is 14.6. The van der Waals surface area contributed by atoms with Crippen molar-refractivity contribution in [2.45, 2.75) is 32.7 Å². The normalized spacial score (nSPS) is 10.8. The molecule has 0 unspecified atom stereocenters. The molecule has 0 aliphatic rings. The molecular formula is C16H26N2O2. The van der Waals surface area contributed by atoms with Crippen LogP contribution >= 0.6 is 0 Å². The predicted octanol–water partition coefficient (Wildman–Crippen LogP) is 2.18. The third-order valence-electron chi connectivity index (χ3n) is 3.04. The van der Waals surface area contributed by atoms with Gasteiger partial charge in [-0.15, -0.1) is 0 Å². The van der Waals surface area contributed by atoms with Gasteiger partial charge in [-0.1, -0.05) is 43.7 Å². The molecular weight excluding hydrogens is 252 g/mol. The molecule has 0 atom stereocenters. The maximum absolute atomic E-state index is 11.8. The van der Waals surface area contributed by atoms with E-state index in [4.69, 9.17) is 10.5 Å². The summed E-state index contributed by atoms with van der Waals surface area (Å²) in [6.45, 7) is 5.13. The van der Waals surface area contributed by atoms with Gasteiger partial charge in [0.15, 0.2) is 0 Å². The summed E-state index contributed by atoms with van der Waals surface area (Å²) in [6.07, 6.45) is 2.84. The first-order valence-electron chi connectivity index (χ1n) is 7.38. The monoisotopic (exact) mass is 278 g/mol. The Kier molecular flexibility index (Phi) is 8.67. The molecule has 0 aliphatic heterocycles. The van der Waals surface area contributed by atoms with Gasteiger partial charge in [0, 0.05) is 13.1 Å². The number of ether oxygens (including phenoxy) is 1. The van der Waals surface area contributed by atoms with Crippen molar-refractivity contribution < 1.29 is 9.53 Å². The largest absolute Gasteiger partial charge is 0.465 e. The van der Waals surface area contributed by atoms with E-state index < -0.39 is 0 Å². The van der Waals surface area contributed by atoms with Crippen molar-refractivity contribution in [3.8, 4) is 0 Å². The minimum Gasteiger partial charge on any atom is -0.465 e. The van der Waals surface area contributed by atoms with Gasteiger partial charge in [-0.25, -0.2) is 0 Å². The molecule has 0 aliphatic carbocycles. The highest BCUT2D eigenvalue weighted by Gasteiger charge is 2.11. The predicted molar refractivity (Wildman–Crippen MR) is 81.3 cm³/mol. The molecule has 0 amide bonds. The molecule has 112 valence electrons. The number of carbonyl (C=O) groups excluding carboxylic acids is 1. The molecule has 0 aromatic heterocycles. The molecule has 4 heteroatoms. The first-order chi connectivity index (χ1) is 9.76. The first kappa shape index (κ1) is 16.7. The lowest BCUT2D eigenvalue weighted by molar-refractivity contribution is -0.145. The van der Waals surface area contributed by atoms with Crippen molar-refractivity contribution >= 4 is 5.97 Å². The minimum absolute atomic E-state index is 0.147. The molecule has 1 rings (SSSR count). The molecule has 0 radical (unpaired) electrons. The number of nitrogens with two attached hydrogens (primary N) is 1. The van der Waals surface area contributed by atoms with Crippen LogP contribution in [0.5, 0.6) is 0 Å². The summed E-state index contributed by atoms with van der Waals surface area (Å²) in [4.78, 5) is 13.9. The SMILES string of the molecule is CCCCOC(=O)CN(CCCN)Cc1ccccc1. The molecule has 20 heavy (non-hydrogen) atoms. The Morgan fingerprint density at radius 3 is 2.65 bits per heavy atom. The van der Waals surface area contributed by atoms with Crippen molar-refractivity contribution in [1.82, 2.24) is 4.90 Å². The van der Waals surface area contributed by atoms with Crippen molar-refractivity contribution in [1.29, 1.82) is 0 Å². The summed E-state index contributed by atoms with van der Waals surface area (Å²) < 4.78 is 5.22. The van der Waals surface area contributed by atoms with Crippen molar-refractivity contribution in [2.24, 2.45) is 5.73 Å². The Hall–Kier alpha value is -1.39. The average molecular weight is 278 g/mol. The van der Waals surface area contributed by atoms with Crippen molar-refractivity contribution in [2.75, 3.05) is 26.2 Å². The molecule has 0 bridgehead atoms. The van der Waals surface area contributed by atoms with Crippen LogP contribution < -0.4 is 5.73 Å². The van der Waals surface area contributed by atoms with Gasteiger partial charge in [0.05, 0.1) is 13.2 Å². The van der Waals surface area contributed by atoms with Crippen LogP contribution in [0.1, 0.15) is 31.7 Å². The number of hydrogen-bond donors (Lipinski definition) is 1. The van der Waals surface area contributed by atoms with E-state index in [0.717, 1.165) is 32.4 Å². The van der Waals surface area contributed by atoms with E-state index in [0.29, 0.717) is 19.7 Å². The lowest BCUT2D eigenvalue weighted by Gasteiger charge is -2.21. The van der Waals surface area contributed by atoms with E-state index in [-0.39, 0.29) is 5.97 Å². The van der Waals surface area contributed by atoms with E-state index in [1.807, 2.05) is 18.2 Å². The Balaban J connectivity index is 2.44. The van der Waals surface area contributed by atoms with Crippen molar-refractivity contribution in [3.05, 3.63) is 35.9 Å². The third kappa shape index (κ3) is 7.26. The smallest absolute Gasteiger partial charge is 0.320 e. The van der Waals surface area contributed by atoms with E-state index in [2.05, 4.69) is 24.0 Å². The molecule has 4 nitrogen and oxygen atoms in total. The summed E-state index contributed by atoms with van der Waals surface area (Å²) in [5.41, 5.74) is 6.76. The quantitative estimate of drug-likeness (QED) is 0.526. The zero-order valence-electron chi connectivity index (χ0n) is 12.4. The standard InChI is InChI=1S/C16H26N2O2/c1-2-3-12-20-16(19)14-18(11-7-10-17)13-15-8-5-4-6-9-15/h4-6,8-9H,2-3,7,10-14,17H2,1H3. The molecule has 2 N–H and O–H groups in total. The first-order valence-corrected chi connectivity index (χ1v) is 7.38. The lowest BCUT2D eigenvalue weighted by Crippen LogP contribution is -2.32. The molecule has 0 heterocycles. The van der Waals surface area contributed by atoms with Gasteiger partial charge in [-0.05, 0) is 24.9 Å². The topological polar surface area (TPSA) is 55.6 Å². The number of esters is 1. The van der Waals surface area contributed by atoms with Crippen LogP contribution in [0, 0.1) is 0 Å². The van der Waals surface area contributed by atoms with Gasteiger partial charge in [-0.3, -0.25) is 9.69 Å². The molecule has 0 spiro atoms. The molecule has 0 saturated carbocycles. The molecule has 1 aromatic rings. The molecule has 0 saturated heterocycles. The van der Waals surface area contributed by atoms with E-state index in [1.165, 1.54) is 5.56 Å². The Morgan fingerprint density at radius 2 is 2.00 bits per heavy atom. The zero-order valence-corrected chi connectivity index (χ0v) is 12.4. The van der Waals surface area contributed by atoms with Gasteiger partial charge in [0.1, 0.15) is 0 Å². The second-order valence-corrected chi connectivity index (χ2v) is 4.91. The fourth-order valence-electron chi connectivity index (χ4n) is 1.93. The van der Waals surface area contributed by atoms with Crippen LogP contribution in [-0.4, -0.2) is 37.1 Å². The minimum atomic E-state index is -0.147. The highest BCUT2D eigenvalue weighted by molar-refractivity contribution is 5.71. The number of unbranched alkanes of at least 4 members (excludes halogenated alkanes) is 1. The van der Waals surface area contributed by atoms with Crippen LogP contribution in [-0.2, 0) is 16.1 Å². The summed E-state index contributed by atoms with van der Waals surface area (Å²) >= 11 is 0. The van der Waals surface area contributed by atoms with E-state index in [1.54, 1.807) is 0 Å². The fourth-order valence-corrected chi connectivity index (χ4v) is 1.93. The number of carbonyl (C=O) groups is 1. The fraction of sp³-hybridized carbons (Fsp3) is 0.562. The Bertz CT molecular complexity index is 368. The van der Waals surface area contributed by atoms with Crippen molar-refractivity contribution in [3.63, 3.8) is 0 Å². The number of rotatable bonds is 10.